The van der Waals surface area contributed by atoms with Crippen molar-refractivity contribution >= 4 is 11.9 Å². The molecule has 1 N–H and O–H groups in total. The quantitative estimate of drug-likeness (QED) is 0.118. The van der Waals surface area contributed by atoms with Crippen molar-refractivity contribution in [2.45, 2.75) is 129 Å². The molecule has 0 fully saturated rings. The van der Waals surface area contributed by atoms with E-state index in [1.807, 2.05) is 44.2 Å². The molecule has 0 aromatic heterocycles. The number of allylic oxidation sites excluding steroid dienone is 1. The number of nitrogens with one attached hydrogen (secondary N) is 1. The monoisotopic (exact) mass is 471 g/mol. The van der Waals surface area contributed by atoms with E-state index in [-0.39, 0.29) is 17.9 Å². The molecule has 0 saturated heterocycles. The zero-order valence-corrected chi connectivity index (χ0v) is 22.0. The van der Waals surface area contributed by atoms with E-state index in [0.29, 0.717) is 18.4 Å². The van der Waals surface area contributed by atoms with Gasteiger partial charge in [0.1, 0.15) is 6.10 Å². The first-order valence-electron chi connectivity index (χ1n) is 13.8. The molecular formula is C30H49NO3. The van der Waals surface area contributed by atoms with E-state index in [9.17, 15) is 9.59 Å². The molecular weight excluding hydrogens is 422 g/mol. The Morgan fingerprint density at radius 1 is 0.824 bits per heavy atom. The van der Waals surface area contributed by atoms with Crippen LogP contribution in [0.2, 0.25) is 0 Å². The number of hydrogen-bond donors (Lipinski definition) is 1. The smallest absolute Gasteiger partial charge is 0.338 e. The summed E-state index contributed by atoms with van der Waals surface area (Å²) in [5, 5.41) is 3.08. The molecule has 1 rings (SSSR count). The average molecular weight is 472 g/mol. The Morgan fingerprint density at radius 3 is 1.85 bits per heavy atom. The summed E-state index contributed by atoms with van der Waals surface area (Å²) in [6.07, 6.45) is 21.3. The number of esters is 1. The maximum Gasteiger partial charge on any atom is 0.338 e. The SMILES string of the molecule is C/C=C/[C@@H](OC(=O)c1ccccc1)[C@H](CC)NC(=O)CCCCCCCCCCCCCCC. The van der Waals surface area contributed by atoms with E-state index in [2.05, 4.69) is 12.2 Å². The molecule has 0 saturated carbocycles. The average Bonchev–Trinajstić information content (AvgIpc) is 2.85. The Hall–Kier alpha value is -2.10. The summed E-state index contributed by atoms with van der Waals surface area (Å²) in [6.45, 7) is 6.16. The molecule has 192 valence electrons. The third-order valence-corrected chi connectivity index (χ3v) is 6.32. The van der Waals surface area contributed by atoms with Gasteiger partial charge >= 0.3 is 5.97 Å². The molecule has 34 heavy (non-hydrogen) atoms. The maximum atomic E-state index is 12.5. The van der Waals surface area contributed by atoms with E-state index in [1.54, 1.807) is 12.1 Å². The van der Waals surface area contributed by atoms with Crippen molar-refractivity contribution in [2.24, 2.45) is 0 Å². The van der Waals surface area contributed by atoms with Gasteiger partial charge in [-0.2, -0.15) is 0 Å². The van der Waals surface area contributed by atoms with Crippen LogP contribution in [-0.2, 0) is 9.53 Å². The van der Waals surface area contributed by atoms with Gasteiger partial charge in [0.2, 0.25) is 5.91 Å². The highest BCUT2D eigenvalue weighted by atomic mass is 16.5. The second-order valence-electron chi connectivity index (χ2n) is 9.34. The zero-order chi connectivity index (χ0) is 24.9. The van der Waals surface area contributed by atoms with Crippen molar-refractivity contribution < 1.29 is 14.3 Å². The number of unbranched alkanes of at least 4 members (excludes halogenated alkanes) is 12. The number of amides is 1. The third-order valence-electron chi connectivity index (χ3n) is 6.32. The molecule has 4 nitrogen and oxygen atoms in total. The van der Waals surface area contributed by atoms with Gasteiger partial charge in [-0.3, -0.25) is 4.79 Å². The van der Waals surface area contributed by atoms with Crippen molar-refractivity contribution in [3.8, 4) is 0 Å². The Balaban J connectivity index is 2.20. The molecule has 0 spiro atoms. The lowest BCUT2D eigenvalue weighted by molar-refractivity contribution is -0.122. The van der Waals surface area contributed by atoms with Gasteiger partial charge < -0.3 is 10.1 Å². The van der Waals surface area contributed by atoms with E-state index in [1.165, 1.54) is 70.6 Å². The van der Waals surface area contributed by atoms with Crippen LogP contribution < -0.4 is 5.32 Å². The molecule has 0 unspecified atom stereocenters. The lowest BCUT2D eigenvalue weighted by Crippen LogP contribution is -2.44. The molecule has 2 atom stereocenters. The van der Waals surface area contributed by atoms with Crippen LogP contribution in [0.3, 0.4) is 0 Å². The Kier molecular flexibility index (Phi) is 17.9. The van der Waals surface area contributed by atoms with E-state index < -0.39 is 6.10 Å². The standard InChI is InChI=1S/C30H49NO3/c1-4-7-8-9-10-11-12-13-14-15-16-17-21-25-29(32)31-27(6-3)28(22-5-2)34-30(33)26-23-19-18-20-24-26/h5,18-20,22-24,27-28H,4,6-17,21,25H2,1-3H3,(H,31,32)/b22-5+/t27-,28+/m0/s1. The summed E-state index contributed by atoms with van der Waals surface area (Å²) in [4.78, 5) is 25.0. The van der Waals surface area contributed by atoms with Crippen LogP contribution in [0.4, 0.5) is 0 Å². The van der Waals surface area contributed by atoms with Crippen molar-refractivity contribution in [1.82, 2.24) is 5.32 Å². The molecule has 0 aliphatic carbocycles. The van der Waals surface area contributed by atoms with Crippen LogP contribution in [0.5, 0.6) is 0 Å². The van der Waals surface area contributed by atoms with Gasteiger partial charge in [0.05, 0.1) is 11.6 Å². The van der Waals surface area contributed by atoms with Gasteiger partial charge in [-0.1, -0.05) is 115 Å². The molecule has 0 aliphatic heterocycles. The molecule has 1 amide bonds. The molecule has 4 heteroatoms. The largest absolute Gasteiger partial charge is 0.452 e. The van der Waals surface area contributed by atoms with Crippen molar-refractivity contribution in [3.63, 3.8) is 0 Å². The first kappa shape index (κ1) is 29.9. The molecule has 1 aromatic rings. The highest BCUT2D eigenvalue weighted by molar-refractivity contribution is 5.89. The van der Waals surface area contributed by atoms with Gasteiger partial charge in [-0.15, -0.1) is 0 Å². The second kappa shape index (κ2) is 20.3. The third kappa shape index (κ3) is 14.2. The topological polar surface area (TPSA) is 55.4 Å². The van der Waals surface area contributed by atoms with Crippen LogP contribution in [0.25, 0.3) is 0 Å². The maximum absolute atomic E-state index is 12.5. The zero-order valence-electron chi connectivity index (χ0n) is 22.0. The summed E-state index contributed by atoms with van der Waals surface area (Å²) in [5.74, 6) is -0.326. The fourth-order valence-electron chi connectivity index (χ4n) is 4.21. The lowest BCUT2D eigenvalue weighted by atomic mass is 10.0. The molecule has 0 bridgehead atoms. The first-order chi connectivity index (χ1) is 16.6. The number of carbonyl (C=O) groups is 2. The number of ether oxygens (including phenoxy) is 1. The Bertz CT molecular complexity index is 671. The summed E-state index contributed by atoms with van der Waals surface area (Å²) < 4.78 is 5.71. The molecule has 0 heterocycles. The fourth-order valence-corrected chi connectivity index (χ4v) is 4.21. The van der Waals surface area contributed by atoms with Crippen LogP contribution in [0, 0.1) is 0 Å². The summed E-state index contributed by atoms with van der Waals surface area (Å²) >= 11 is 0. The second-order valence-corrected chi connectivity index (χ2v) is 9.34. The number of carbonyl (C=O) groups excluding carboxylic acids is 2. The van der Waals surface area contributed by atoms with Crippen LogP contribution >= 0.6 is 0 Å². The van der Waals surface area contributed by atoms with Gasteiger partial charge in [0, 0.05) is 6.42 Å². The van der Waals surface area contributed by atoms with E-state index in [0.717, 1.165) is 12.8 Å². The molecule has 1 aromatic carbocycles. The summed E-state index contributed by atoms with van der Waals surface area (Å²) in [7, 11) is 0. The number of hydrogen-bond acceptors (Lipinski definition) is 3. The number of rotatable bonds is 20. The van der Waals surface area contributed by atoms with Crippen LogP contribution in [0.15, 0.2) is 42.5 Å². The van der Waals surface area contributed by atoms with Gasteiger partial charge in [0.15, 0.2) is 0 Å². The predicted octanol–water partition coefficient (Wildman–Crippen LogP) is 8.16. The molecule has 0 radical (unpaired) electrons. The van der Waals surface area contributed by atoms with Gasteiger partial charge in [-0.25, -0.2) is 4.79 Å². The van der Waals surface area contributed by atoms with Crippen LogP contribution in [0.1, 0.15) is 127 Å². The van der Waals surface area contributed by atoms with E-state index >= 15 is 0 Å². The minimum atomic E-state index is -0.474. The fraction of sp³-hybridized carbons (Fsp3) is 0.667. The lowest BCUT2D eigenvalue weighted by Gasteiger charge is -2.25. The van der Waals surface area contributed by atoms with Gasteiger partial charge in [0.25, 0.3) is 0 Å². The normalized spacial score (nSPS) is 13.0. The first-order valence-corrected chi connectivity index (χ1v) is 13.8. The Morgan fingerprint density at radius 2 is 1.35 bits per heavy atom. The minimum Gasteiger partial charge on any atom is -0.452 e. The highest BCUT2D eigenvalue weighted by Crippen LogP contribution is 2.14. The van der Waals surface area contributed by atoms with Crippen molar-refractivity contribution in [3.05, 3.63) is 48.0 Å². The van der Waals surface area contributed by atoms with Crippen molar-refractivity contribution in [1.29, 1.82) is 0 Å². The highest BCUT2D eigenvalue weighted by Gasteiger charge is 2.23. The van der Waals surface area contributed by atoms with Crippen LogP contribution in [-0.4, -0.2) is 24.0 Å². The summed E-state index contributed by atoms with van der Waals surface area (Å²) in [5.41, 5.74) is 0.519. The predicted molar refractivity (Wildman–Crippen MR) is 143 cm³/mol. The Labute approximate surface area is 208 Å². The minimum absolute atomic E-state index is 0.0418. The number of benzene rings is 1. The van der Waals surface area contributed by atoms with E-state index in [4.69, 9.17) is 4.74 Å². The molecule has 0 aliphatic rings. The van der Waals surface area contributed by atoms with Crippen molar-refractivity contribution in [2.75, 3.05) is 0 Å². The van der Waals surface area contributed by atoms with Gasteiger partial charge in [-0.05, 0) is 38.0 Å². The summed E-state index contributed by atoms with van der Waals surface area (Å²) in [6, 6.07) is 8.75.